The van der Waals surface area contributed by atoms with E-state index in [2.05, 4.69) is 32.7 Å². The van der Waals surface area contributed by atoms with E-state index in [1.54, 1.807) is 0 Å². The smallest absolute Gasteiger partial charge is 0.321 e. The van der Waals surface area contributed by atoms with E-state index < -0.39 is 5.54 Å². The molecule has 3 amide bonds. The van der Waals surface area contributed by atoms with E-state index in [0.717, 1.165) is 63.4 Å². The quantitative estimate of drug-likeness (QED) is 0.550. The fraction of sp³-hybridized carbons (Fsp3) is 0.731. The first kappa shape index (κ1) is 27.3. The van der Waals surface area contributed by atoms with Crippen molar-refractivity contribution in [3.63, 3.8) is 0 Å². The van der Waals surface area contributed by atoms with Crippen molar-refractivity contribution in [2.75, 3.05) is 44.7 Å². The summed E-state index contributed by atoms with van der Waals surface area (Å²) in [6, 6.07) is 0.157. The van der Waals surface area contributed by atoms with Gasteiger partial charge in [-0.25, -0.2) is 4.79 Å². The Morgan fingerprint density at radius 1 is 1.24 bits per heavy atom. The summed E-state index contributed by atoms with van der Waals surface area (Å²) in [5.41, 5.74) is 1.51. The zero-order valence-electron chi connectivity index (χ0n) is 21.8. The highest BCUT2D eigenvalue weighted by atomic mass is 16.5. The number of carbonyl (C=O) groups is 2. The van der Waals surface area contributed by atoms with Gasteiger partial charge in [0.15, 0.2) is 12.0 Å². The lowest BCUT2D eigenvalue weighted by atomic mass is 9.99. The van der Waals surface area contributed by atoms with Crippen LogP contribution in [0.3, 0.4) is 0 Å². The molecule has 2 atom stereocenters. The van der Waals surface area contributed by atoms with Gasteiger partial charge in [0.25, 0.3) is 5.91 Å². The number of aromatic amines is 1. The molecule has 2 saturated heterocycles. The molecule has 1 aromatic rings. The summed E-state index contributed by atoms with van der Waals surface area (Å²) in [5, 5.41) is 13.4. The van der Waals surface area contributed by atoms with Crippen molar-refractivity contribution in [1.82, 2.24) is 30.2 Å². The Balaban J connectivity index is 0.00000320. The highest BCUT2D eigenvalue weighted by Crippen LogP contribution is 2.41. The summed E-state index contributed by atoms with van der Waals surface area (Å²) in [6.45, 7) is 13.8. The van der Waals surface area contributed by atoms with Gasteiger partial charge in [-0.3, -0.25) is 14.8 Å². The standard InChI is InChI=1S/C25H39N7O4.CH4/c1-5-20-26-19(15-36-20)23(33)27-22-18-14-32(25(3,4)21(18)28-29-22)24(34)31-9-8-30(12-16(31)2)13-17-6-10-35-11-7-17;/h15-17,20,26H,5-14H2,1-4H3,(H2,27,28,29,33);1H4/t16-,20?;/m0./s1. The Labute approximate surface area is 219 Å². The number of urea groups is 1. The fourth-order valence-corrected chi connectivity index (χ4v) is 5.74. The number of fused-ring (bicyclic) bond motifs is 1. The first-order chi connectivity index (χ1) is 17.3. The van der Waals surface area contributed by atoms with E-state index in [9.17, 15) is 9.59 Å². The molecule has 206 valence electrons. The van der Waals surface area contributed by atoms with Crippen LogP contribution in [0.4, 0.5) is 10.6 Å². The topological polar surface area (TPSA) is 115 Å². The third kappa shape index (κ3) is 5.29. The van der Waals surface area contributed by atoms with Gasteiger partial charge in [-0.2, -0.15) is 5.10 Å². The van der Waals surface area contributed by atoms with Crippen LogP contribution in [0.15, 0.2) is 12.0 Å². The number of anilines is 1. The first-order valence-electron chi connectivity index (χ1n) is 13.2. The molecule has 11 heteroatoms. The molecule has 3 N–H and O–H groups in total. The van der Waals surface area contributed by atoms with Crippen LogP contribution >= 0.6 is 0 Å². The van der Waals surface area contributed by atoms with Crippen LogP contribution in [-0.2, 0) is 26.4 Å². The second-order valence-corrected chi connectivity index (χ2v) is 10.9. The predicted molar refractivity (Wildman–Crippen MR) is 140 cm³/mol. The first-order valence-corrected chi connectivity index (χ1v) is 13.2. The second-order valence-electron chi connectivity index (χ2n) is 10.9. The molecule has 0 spiro atoms. The minimum atomic E-state index is -0.567. The molecule has 4 aliphatic rings. The molecule has 0 aliphatic carbocycles. The highest BCUT2D eigenvalue weighted by Gasteiger charge is 2.46. The van der Waals surface area contributed by atoms with Gasteiger partial charge >= 0.3 is 6.03 Å². The molecule has 0 saturated carbocycles. The zero-order valence-corrected chi connectivity index (χ0v) is 21.8. The van der Waals surface area contributed by atoms with Crippen LogP contribution in [0, 0.1) is 5.92 Å². The third-order valence-corrected chi connectivity index (χ3v) is 8.03. The number of hydrogen-bond donors (Lipinski definition) is 3. The molecule has 1 aromatic heterocycles. The molecule has 5 rings (SSSR count). The molecular weight excluding hydrogens is 474 g/mol. The predicted octanol–water partition coefficient (Wildman–Crippen LogP) is 2.79. The number of nitrogens with one attached hydrogen (secondary N) is 3. The monoisotopic (exact) mass is 517 g/mol. The molecule has 0 radical (unpaired) electrons. The molecule has 4 aliphatic heterocycles. The van der Waals surface area contributed by atoms with Crippen LogP contribution < -0.4 is 10.6 Å². The number of aromatic nitrogens is 2. The Morgan fingerprint density at radius 2 is 2.00 bits per heavy atom. The molecule has 2 fully saturated rings. The van der Waals surface area contributed by atoms with E-state index in [0.29, 0.717) is 30.5 Å². The minimum absolute atomic E-state index is 0. The summed E-state index contributed by atoms with van der Waals surface area (Å²) in [5.74, 6) is 0.832. The average Bonchev–Trinajstić information content (AvgIpc) is 3.56. The van der Waals surface area contributed by atoms with E-state index in [1.165, 1.54) is 6.26 Å². The van der Waals surface area contributed by atoms with Gasteiger partial charge in [0, 0.05) is 57.4 Å². The van der Waals surface area contributed by atoms with Gasteiger partial charge in [-0.15, -0.1) is 0 Å². The summed E-state index contributed by atoms with van der Waals surface area (Å²) in [4.78, 5) is 32.9. The maximum Gasteiger partial charge on any atom is 0.321 e. The maximum absolute atomic E-state index is 13.8. The van der Waals surface area contributed by atoms with Crippen molar-refractivity contribution in [2.45, 2.75) is 78.7 Å². The minimum Gasteiger partial charge on any atom is -0.476 e. The van der Waals surface area contributed by atoms with Gasteiger partial charge in [-0.1, -0.05) is 14.4 Å². The highest BCUT2D eigenvalue weighted by molar-refractivity contribution is 6.03. The second kappa shape index (κ2) is 10.9. The lowest BCUT2D eigenvalue weighted by Crippen LogP contribution is -2.59. The van der Waals surface area contributed by atoms with E-state index >= 15 is 0 Å². The number of rotatable bonds is 5. The SMILES string of the molecule is C.CCC1NC(C(=O)Nc2n[nH]c3c2CN(C(=O)N2CCN(CC4CCOCC4)C[C@@H]2C)C3(C)C)=CO1. The summed E-state index contributed by atoms with van der Waals surface area (Å²) in [6.07, 6.45) is 4.25. The van der Waals surface area contributed by atoms with Gasteiger partial charge in [-0.05, 0) is 39.5 Å². The van der Waals surface area contributed by atoms with Gasteiger partial charge in [0.1, 0.15) is 12.0 Å². The number of H-pyrrole nitrogens is 1. The van der Waals surface area contributed by atoms with Crippen LogP contribution in [0.2, 0.25) is 0 Å². The number of ether oxygens (including phenoxy) is 2. The van der Waals surface area contributed by atoms with Crippen molar-refractivity contribution in [3.8, 4) is 0 Å². The Kier molecular flexibility index (Phi) is 8.03. The van der Waals surface area contributed by atoms with Crippen LogP contribution in [0.25, 0.3) is 0 Å². The van der Waals surface area contributed by atoms with Crippen LogP contribution in [-0.4, -0.2) is 88.5 Å². The number of piperazine rings is 1. The average molecular weight is 518 g/mol. The summed E-state index contributed by atoms with van der Waals surface area (Å²) in [7, 11) is 0. The number of amides is 3. The molecule has 37 heavy (non-hydrogen) atoms. The fourth-order valence-electron chi connectivity index (χ4n) is 5.74. The normalized spacial score (nSPS) is 25.6. The van der Waals surface area contributed by atoms with Crippen molar-refractivity contribution in [2.24, 2.45) is 5.92 Å². The molecule has 0 aromatic carbocycles. The van der Waals surface area contributed by atoms with Gasteiger partial charge < -0.3 is 29.9 Å². The summed E-state index contributed by atoms with van der Waals surface area (Å²) < 4.78 is 10.9. The van der Waals surface area contributed by atoms with Gasteiger partial charge in [0.2, 0.25) is 0 Å². The van der Waals surface area contributed by atoms with Crippen molar-refractivity contribution in [1.29, 1.82) is 0 Å². The van der Waals surface area contributed by atoms with Crippen molar-refractivity contribution in [3.05, 3.63) is 23.2 Å². The molecule has 1 unspecified atom stereocenters. The Hall–Kier alpha value is -2.79. The number of hydrogen-bond acceptors (Lipinski definition) is 7. The van der Waals surface area contributed by atoms with Crippen LogP contribution in [0.1, 0.15) is 65.6 Å². The molecule has 5 heterocycles. The van der Waals surface area contributed by atoms with Gasteiger partial charge in [0.05, 0.1) is 17.8 Å². The van der Waals surface area contributed by atoms with E-state index in [-0.39, 0.29) is 31.6 Å². The molecule has 0 bridgehead atoms. The van der Waals surface area contributed by atoms with E-state index in [1.807, 2.05) is 30.6 Å². The molecule has 11 nitrogen and oxygen atoms in total. The zero-order chi connectivity index (χ0) is 25.4. The van der Waals surface area contributed by atoms with Crippen molar-refractivity contribution < 1.29 is 19.1 Å². The largest absolute Gasteiger partial charge is 0.476 e. The number of nitrogens with zero attached hydrogens (tertiary/aromatic N) is 4. The van der Waals surface area contributed by atoms with Crippen LogP contribution in [0.5, 0.6) is 0 Å². The number of carbonyl (C=O) groups excluding carboxylic acids is 2. The lowest BCUT2D eigenvalue weighted by Gasteiger charge is -2.44. The maximum atomic E-state index is 13.8. The lowest BCUT2D eigenvalue weighted by molar-refractivity contribution is -0.113. The summed E-state index contributed by atoms with van der Waals surface area (Å²) >= 11 is 0. The Morgan fingerprint density at radius 3 is 2.68 bits per heavy atom. The molecular formula is C26H43N7O4. The Bertz CT molecular complexity index is 1020. The third-order valence-electron chi connectivity index (χ3n) is 8.03. The van der Waals surface area contributed by atoms with E-state index in [4.69, 9.17) is 9.47 Å². The van der Waals surface area contributed by atoms with Crippen molar-refractivity contribution >= 4 is 17.8 Å².